The van der Waals surface area contributed by atoms with Crippen LogP contribution >= 0.6 is 11.6 Å². The Morgan fingerprint density at radius 3 is 2.54 bits per heavy atom. The molecule has 0 unspecified atom stereocenters. The van der Waals surface area contributed by atoms with Crippen molar-refractivity contribution >= 4 is 35.1 Å². The van der Waals surface area contributed by atoms with Crippen molar-refractivity contribution in [2.24, 2.45) is 5.16 Å². The zero-order chi connectivity index (χ0) is 18.9. The van der Waals surface area contributed by atoms with Gasteiger partial charge in [0.15, 0.2) is 6.61 Å². The first-order valence-corrected chi connectivity index (χ1v) is 8.97. The van der Waals surface area contributed by atoms with Gasteiger partial charge in [0.2, 0.25) is 0 Å². The summed E-state index contributed by atoms with van der Waals surface area (Å²) >= 11 is 5.93. The lowest BCUT2D eigenvalue weighted by Gasteiger charge is -2.20. The molecule has 1 amide bonds. The second kappa shape index (κ2) is 9.82. The highest BCUT2D eigenvalue weighted by Gasteiger charge is 2.06. The van der Waals surface area contributed by atoms with Gasteiger partial charge in [-0.15, -0.1) is 0 Å². The quantitative estimate of drug-likeness (QED) is 0.548. The van der Waals surface area contributed by atoms with E-state index in [1.165, 1.54) is 5.69 Å². The molecule has 2 aromatic rings. The SMILES string of the molecule is CCN(CC)c1ccc(C=NOCC(=O)Nc2cc(Cl)ccc2C)cc1. The summed E-state index contributed by atoms with van der Waals surface area (Å²) in [5.41, 5.74) is 3.68. The number of aryl methyl sites for hydroxylation is 1. The molecule has 0 aliphatic heterocycles. The minimum atomic E-state index is -0.288. The monoisotopic (exact) mass is 373 g/mol. The molecule has 0 fully saturated rings. The van der Waals surface area contributed by atoms with Gasteiger partial charge in [-0.2, -0.15) is 0 Å². The summed E-state index contributed by atoms with van der Waals surface area (Å²) < 4.78 is 0. The molecule has 0 aliphatic rings. The van der Waals surface area contributed by atoms with Gasteiger partial charge >= 0.3 is 0 Å². The van der Waals surface area contributed by atoms with Crippen LogP contribution in [0.3, 0.4) is 0 Å². The number of carbonyl (C=O) groups is 1. The van der Waals surface area contributed by atoms with Crippen molar-refractivity contribution in [1.82, 2.24) is 0 Å². The van der Waals surface area contributed by atoms with Gasteiger partial charge in [-0.25, -0.2) is 0 Å². The molecule has 0 aromatic heterocycles. The van der Waals surface area contributed by atoms with Gasteiger partial charge in [0.1, 0.15) is 0 Å². The highest BCUT2D eigenvalue weighted by molar-refractivity contribution is 6.31. The summed E-state index contributed by atoms with van der Waals surface area (Å²) in [6.45, 7) is 7.92. The first kappa shape index (κ1) is 19.8. The number of halogens is 1. The number of nitrogens with one attached hydrogen (secondary N) is 1. The fourth-order valence-corrected chi connectivity index (χ4v) is 2.64. The zero-order valence-corrected chi connectivity index (χ0v) is 16.1. The predicted octanol–water partition coefficient (Wildman–Crippen LogP) is 4.48. The van der Waals surface area contributed by atoms with E-state index in [2.05, 4.69) is 29.2 Å². The second-order valence-corrected chi connectivity index (χ2v) is 6.22. The average molecular weight is 374 g/mol. The number of amides is 1. The lowest BCUT2D eigenvalue weighted by atomic mass is 10.2. The van der Waals surface area contributed by atoms with E-state index in [1.54, 1.807) is 18.3 Å². The minimum Gasteiger partial charge on any atom is -0.386 e. The van der Waals surface area contributed by atoms with Gasteiger partial charge in [-0.05, 0) is 56.2 Å². The molecule has 6 heteroatoms. The minimum absolute atomic E-state index is 0.167. The summed E-state index contributed by atoms with van der Waals surface area (Å²) in [6, 6.07) is 13.4. The number of rotatable bonds is 8. The summed E-state index contributed by atoms with van der Waals surface area (Å²) in [7, 11) is 0. The van der Waals surface area contributed by atoms with Gasteiger partial charge in [0.05, 0.1) is 6.21 Å². The maximum absolute atomic E-state index is 11.9. The van der Waals surface area contributed by atoms with E-state index in [1.807, 2.05) is 37.3 Å². The Hall–Kier alpha value is -2.53. The smallest absolute Gasteiger partial charge is 0.265 e. The van der Waals surface area contributed by atoms with E-state index in [0.717, 1.165) is 24.2 Å². The van der Waals surface area contributed by atoms with E-state index >= 15 is 0 Å². The number of hydrogen-bond acceptors (Lipinski definition) is 4. The summed E-state index contributed by atoms with van der Waals surface area (Å²) in [5.74, 6) is -0.288. The molecule has 0 saturated carbocycles. The Balaban J connectivity index is 1.83. The molecule has 2 aromatic carbocycles. The predicted molar refractivity (Wildman–Crippen MR) is 108 cm³/mol. The number of benzene rings is 2. The largest absolute Gasteiger partial charge is 0.386 e. The Labute approximate surface area is 159 Å². The van der Waals surface area contributed by atoms with Crippen LogP contribution in [0.25, 0.3) is 0 Å². The standard InChI is InChI=1S/C20H24ClN3O2/c1-4-24(5-2)18-10-7-16(8-11-18)13-22-26-14-20(25)23-19-12-17(21)9-6-15(19)3/h6-13H,4-5,14H2,1-3H3,(H,23,25). The molecule has 0 aliphatic carbocycles. The number of anilines is 2. The third-order valence-corrected chi connectivity index (χ3v) is 4.20. The Bertz CT molecular complexity index is 756. The summed E-state index contributed by atoms with van der Waals surface area (Å²) in [4.78, 5) is 19.3. The molecule has 1 N–H and O–H groups in total. The van der Waals surface area contributed by atoms with Crippen molar-refractivity contribution in [3.05, 3.63) is 58.6 Å². The van der Waals surface area contributed by atoms with Crippen LogP contribution in [-0.2, 0) is 9.63 Å². The lowest BCUT2D eigenvalue weighted by molar-refractivity contribution is -0.120. The van der Waals surface area contributed by atoms with Crippen LogP contribution in [0.5, 0.6) is 0 Å². The Kier molecular flexibility index (Phi) is 7.48. The van der Waals surface area contributed by atoms with Crippen LogP contribution in [-0.4, -0.2) is 31.8 Å². The molecule has 0 radical (unpaired) electrons. The normalized spacial score (nSPS) is 10.8. The highest BCUT2D eigenvalue weighted by atomic mass is 35.5. The van der Waals surface area contributed by atoms with Crippen molar-refractivity contribution in [2.45, 2.75) is 20.8 Å². The number of nitrogens with zero attached hydrogens (tertiary/aromatic N) is 2. The van der Waals surface area contributed by atoms with Crippen LogP contribution in [0.2, 0.25) is 5.02 Å². The van der Waals surface area contributed by atoms with Crippen molar-refractivity contribution in [2.75, 3.05) is 29.9 Å². The van der Waals surface area contributed by atoms with Crippen LogP contribution in [0.1, 0.15) is 25.0 Å². The third-order valence-electron chi connectivity index (χ3n) is 3.97. The molecule has 0 spiro atoms. The van der Waals surface area contributed by atoms with Gasteiger partial charge in [-0.1, -0.05) is 35.0 Å². The van der Waals surface area contributed by atoms with E-state index < -0.39 is 0 Å². The topological polar surface area (TPSA) is 53.9 Å². The molecule has 0 bridgehead atoms. The van der Waals surface area contributed by atoms with Crippen molar-refractivity contribution in [1.29, 1.82) is 0 Å². The van der Waals surface area contributed by atoms with E-state index in [0.29, 0.717) is 10.7 Å². The fraction of sp³-hybridized carbons (Fsp3) is 0.300. The maximum atomic E-state index is 11.9. The summed E-state index contributed by atoms with van der Waals surface area (Å²) in [6.07, 6.45) is 1.59. The van der Waals surface area contributed by atoms with E-state index in [9.17, 15) is 4.79 Å². The van der Waals surface area contributed by atoms with Gasteiger partial charge in [0.25, 0.3) is 5.91 Å². The molecule has 0 atom stereocenters. The zero-order valence-electron chi connectivity index (χ0n) is 15.3. The number of oxime groups is 1. The molecular formula is C20H24ClN3O2. The van der Waals surface area contributed by atoms with Crippen molar-refractivity contribution in [3.8, 4) is 0 Å². The second-order valence-electron chi connectivity index (χ2n) is 5.78. The lowest BCUT2D eigenvalue weighted by Crippen LogP contribution is -2.21. The van der Waals surface area contributed by atoms with Crippen molar-refractivity contribution < 1.29 is 9.63 Å². The Morgan fingerprint density at radius 1 is 1.19 bits per heavy atom. The average Bonchev–Trinajstić information content (AvgIpc) is 2.64. The Morgan fingerprint density at radius 2 is 1.88 bits per heavy atom. The number of hydrogen-bond donors (Lipinski definition) is 1. The fourth-order valence-electron chi connectivity index (χ4n) is 2.47. The number of carbonyl (C=O) groups excluding carboxylic acids is 1. The van der Waals surface area contributed by atoms with Crippen LogP contribution < -0.4 is 10.2 Å². The van der Waals surface area contributed by atoms with E-state index in [4.69, 9.17) is 16.4 Å². The van der Waals surface area contributed by atoms with Crippen molar-refractivity contribution in [3.63, 3.8) is 0 Å². The summed E-state index contributed by atoms with van der Waals surface area (Å²) in [5, 5.41) is 7.17. The molecule has 26 heavy (non-hydrogen) atoms. The molecule has 5 nitrogen and oxygen atoms in total. The van der Waals surface area contributed by atoms with E-state index in [-0.39, 0.29) is 12.5 Å². The maximum Gasteiger partial charge on any atom is 0.265 e. The molecular weight excluding hydrogens is 350 g/mol. The van der Waals surface area contributed by atoms with Gasteiger partial charge in [0, 0.05) is 29.5 Å². The van der Waals surface area contributed by atoms with Crippen LogP contribution in [0.15, 0.2) is 47.6 Å². The highest BCUT2D eigenvalue weighted by Crippen LogP contribution is 2.20. The molecule has 2 rings (SSSR count). The van der Waals surface area contributed by atoms with Crippen LogP contribution in [0, 0.1) is 6.92 Å². The first-order valence-electron chi connectivity index (χ1n) is 8.59. The third kappa shape index (κ3) is 5.77. The molecule has 138 valence electrons. The van der Waals surface area contributed by atoms with Gasteiger partial charge < -0.3 is 15.1 Å². The first-order chi connectivity index (χ1) is 12.5. The molecule has 0 heterocycles. The van der Waals surface area contributed by atoms with Crippen LogP contribution in [0.4, 0.5) is 11.4 Å². The molecule has 0 saturated heterocycles. The van der Waals surface area contributed by atoms with Gasteiger partial charge in [-0.3, -0.25) is 4.79 Å².